The van der Waals surface area contributed by atoms with E-state index in [1.807, 2.05) is 0 Å². The topological polar surface area (TPSA) is 75.8 Å². The highest BCUT2D eigenvalue weighted by Gasteiger charge is 2.34. The maximum absolute atomic E-state index is 11.6. The molecule has 1 heterocycles. The van der Waals surface area contributed by atoms with Gasteiger partial charge in [-0.25, -0.2) is 4.79 Å². The number of phenolic OH excluding ortho intramolecular Hbond substituents is 1. The molecule has 0 bridgehead atoms. The number of nitrogens with two attached hydrogens (primary N) is 1. The maximum atomic E-state index is 11.6. The number of ether oxygens (including phenoxy) is 1. The molecule has 1 aliphatic rings. The number of aromatic hydroxyl groups is 1. The van der Waals surface area contributed by atoms with E-state index in [4.69, 9.17) is 10.5 Å². The van der Waals surface area contributed by atoms with Crippen molar-refractivity contribution in [1.82, 2.24) is 0 Å². The van der Waals surface area contributed by atoms with E-state index >= 15 is 0 Å². The predicted octanol–water partition coefficient (Wildman–Crippen LogP) is 1.07. The molecule has 1 atom stereocenters. The second kappa shape index (κ2) is 4.40. The first-order valence-corrected chi connectivity index (χ1v) is 5.18. The lowest BCUT2D eigenvalue weighted by atomic mass is 10.1. The van der Waals surface area contributed by atoms with E-state index in [2.05, 4.69) is 0 Å². The molecule has 3 N–H and O–H groups in total. The molecule has 1 fully saturated rings. The Balaban J connectivity index is 2.30. The molecule has 1 aromatic carbocycles. The molecule has 1 aromatic rings. The number of anilines is 1. The van der Waals surface area contributed by atoms with Gasteiger partial charge in [-0.05, 0) is 25.1 Å². The van der Waals surface area contributed by atoms with Gasteiger partial charge >= 0.3 is 6.09 Å². The van der Waals surface area contributed by atoms with Crippen molar-refractivity contribution in [2.24, 2.45) is 5.73 Å². The monoisotopic (exact) mass is 222 g/mol. The molecular weight excluding hydrogens is 208 g/mol. The SMILES string of the molecule is NCCC1COC(=O)N1c1ccccc1O. The Labute approximate surface area is 93.4 Å². The molecule has 0 aromatic heterocycles. The highest BCUT2D eigenvalue weighted by Crippen LogP contribution is 2.31. The van der Waals surface area contributed by atoms with Crippen LogP contribution in [-0.2, 0) is 4.74 Å². The Kier molecular flexibility index (Phi) is 2.96. The van der Waals surface area contributed by atoms with Crippen molar-refractivity contribution in [3.63, 3.8) is 0 Å². The summed E-state index contributed by atoms with van der Waals surface area (Å²) < 4.78 is 4.96. The fraction of sp³-hybridized carbons (Fsp3) is 0.364. The highest BCUT2D eigenvalue weighted by molar-refractivity contribution is 5.91. The van der Waals surface area contributed by atoms with E-state index in [-0.39, 0.29) is 11.8 Å². The number of amides is 1. The summed E-state index contributed by atoms with van der Waals surface area (Å²) in [5.74, 6) is 0.0726. The molecule has 86 valence electrons. The van der Waals surface area contributed by atoms with Gasteiger partial charge in [-0.15, -0.1) is 0 Å². The number of carbonyl (C=O) groups excluding carboxylic acids is 1. The number of nitrogens with zero attached hydrogens (tertiary/aromatic N) is 1. The van der Waals surface area contributed by atoms with Crippen molar-refractivity contribution in [1.29, 1.82) is 0 Å². The first kappa shape index (κ1) is 10.8. The van der Waals surface area contributed by atoms with Crippen molar-refractivity contribution in [3.8, 4) is 5.75 Å². The van der Waals surface area contributed by atoms with Crippen LogP contribution in [0.1, 0.15) is 6.42 Å². The minimum absolute atomic E-state index is 0.0726. The average Bonchev–Trinajstić information content (AvgIpc) is 2.62. The van der Waals surface area contributed by atoms with Crippen molar-refractivity contribution >= 4 is 11.8 Å². The number of hydrogen-bond acceptors (Lipinski definition) is 4. The van der Waals surface area contributed by atoms with Crippen LogP contribution in [0.25, 0.3) is 0 Å². The van der Waals surface area contributed by atoms with E-state index in [9.17, 15) is 9.90 Å². The first-order chi connectivity index (χ1) is 7.74. The quantitative estimate of drug-likeness (QED) is 0.802. The molecule has 0 spiro atoms. The Morgan fingerprint density at radius 3 is 2.94 bits per heavy atom. The summed E-state index contributed by atoms with van der Waals surface area (Å²) in [6.45, 7) is 0.801. The van der Waals surface area contributed by atoms with Crippen LogP contribution in [0.5, 0.6) is 5.75 Å². The molecule has 5 heteroatoms. The van der Waals surface area contributed by atoms with Crippen LogP contribution in [0.4, 0.5) is 10.5 Å². The Morgan fingerprint density at radius 1 is 1.50 bits per heavy atom. The number of rotatable bonds is 3. The van der Waals surface area contributed by atoms with Gasteiger partial charge in [0, 0.05) is 0 Å². The summed E-state index contributed by atoms with van der Waals surface area (Å²) >= 11 is 0. The summed E-state index contributed by atoms with van der Waals surface area (Å²) in [4.78, 5) is 13.0. The maximum Gasteiger partial charge on any atom is 0.414 e. The van der Waals surface area contributed by atoms with Crippen molar-refractivity contribution in [3.05, 3.63) is 24.3 Å². The fourth-order valence-corrected chi connectivity index (χ4v) is 1.83. The van der Waals surface area contributed by atoms with E-state index in [0.29, 0.717) is 25.3 Å². The zero-order valence-corrected chi connectivity index (χ0v) is 8.80. The van der Waals surface area contributed by atoms with Crippen LogP contribution in [0.2, 0.25) is 0 Å². The van der Waals surface area contributed by atoms with Crippen LogP contribution in [0, 0.1) is 0 Å². The third kappa shape index (κ3) is 1.81. The van der Waals surface area contributed by atoms with Gasteiger partial charge in [0.15, 0.2) is 0 Å². The number of phenols is 1. The summed E-state index contributed by atoms with van der Waals surface area (Å²) in [5.41, 5.74) is 5.95. The molecule has 2 rings (SSSR count). The largest absolute Gasteiger partial charge is 0.506 e. The molecule has 1 amide bonds. The number of cyclic esters (lactones) is 1. The van der Waals surface area contributed by atoms with Crippen molar-refractivity contribution < 1.29 is 14.6 Å². The summed E-state index contributed by atoms with van der Waals surface area (Å²) in [6, 6.07) is 6.61. The molecule has 1 aliphatic heterocycles. The third-order valence-electron chi connectivity index (χ3n) is 2.60. The molecule has 5 nitrogen and oxygen atoms in total. The van der Waals surface area contributed by atoms with Crippen molar-refractivity contribution in [2.45, 2.75) is 12.5 Å². The van der Waals surface area contributed by atoms with Gasteiger partial charge in [-0.1, -0.05) is 12.1 Å². The van der Waals surface area contributed by atoms with E-state index in [1.165, 1.54) is 4.90 Å². The number of para-hydroxylation sites is 2. The molecule has 1 saturated heterocycles. The lowest BCUT2D eigenvalue weighted by molar-refractivity contribution is 0.178. The predicted molar refractivity (Wildman–Crippen MR) is 59.4 cm³/mol. The Hall–Kier alpha value is -1.75. The minimum atomic E-state index is -0.431. The lowest BCUT2D eigenvalue weighted by Crippen LogP contribution is -2.34. The number of hydrogen-bond donors (Lipinski definition) is 2. The zero-order valence-electron chi connectivity index (χ0n) is 8.80. The molecule has 0 radical (unpaired) electrons. The Bertz CT molecular complexity index is 395. The van der Waals surface area contributed by atoms with Gasteiger partial charge in [-0.3, -0.25) is 4.90 Å². The highest BCUT2D eigenvalue weighted by atomic mass is 16.6. The summed E-state index contributed by atoms with van der Waals surface area (Å²) in [6.07, 6.45) is 0.222. The molecule has 0 saturated carbocycles. The molecule has 0 aliphatic carbocycles. The fourth-order valence-electron chi connectivity index (χ4n) is 1.83. The standard InChI is InChI=1S/C11H14N2O3/c12-6-5-8-7-16-11(15)13(8)9-3-1-2-4-10(9)14/h1-4,8,14H,5-7,12H2. The van der Waals surface area contributed by atoms with E-state index < -0.39 is 6.09 Å². The zero-order chi connectivity index (χ0) is 11.5. The van der Waals surface area contributed by atoms with Crippen LogP contribution in [0.3, 0.4) is 0 Å². The second-order valence-corrected chi connectivity index (χ2v) is 3.67. The van der Waals surface area contributed by atoms with Crippen LogP contribution >= 0.6 is 0 Å². The first-order valence-electron chi connectivity index (χ1n) is 5.18. The van der Waals surface area contributed by atoms with Gasteiger partial charge in [0.05, 0.1) is 11.7 Å². The van der Waals surface area contributed by atoms with E-state index in [1.54, 1.807) is 24.3 Å². The summed E-state index contributed by atoms with van der Waals surface area (Å²) in [7, 11) is 0. The normalized spacial score (nSPS) is 19.9. The van der Waals surface area contributed by atoms with Gasteiger partial charge in [0.25, 0.3) is 0 Å². The Morgan fingerprint density at radius 2 is 2.25 bits per heavy atom. The summed E-state index contributed by atoms with van der Waals surface area (Å²) in [5, 5.41) is 9.69. The van der Waals surface area contributed by atoms with Gasteiger partial charge < -0.3 is 15.6 Å². The molecule has 16 heavy (non-hydrogen) atoms. The minimum Gasteiger partial charge on any atom is -0.506 e. The molecule has 1 unspecified atom stereocenters. The lowest BCUT2D eigenvalue weighted by Gasteiger charge is -2.21. The van der Waals surface area contributed by atoms with E-state index in [0.717, 1.165) is 0 Å². The average molecular weight is 222 g/mol. The second-order valence-electron chi connectivity index (χ2n) is 3.67. The smallest absolute Gasteiger partial charge is 0.414 e. The van der Waals surface area contributed by atoms with Gasteiger partial charge in [-0.2, -0.15) is 0 Å². The van der Waals surface area contributed by atoms with Gasteiger partial charge in [0.2, 0.25) is 0 Å². The number of benzene rings is 1. The van der Waals surface area contributed by atoms with Crippen LogP contribution < -0.4 is 10.6 Å². The van der Waals surface area contributed by atoms with Crippen LogP contribution in [0.15, 0.2) is 24.3 Å². The van der Waals surface area contributed by atoms with Crippen LogP contribution in [-0.4, -0.2) is 30.4 Å². The number of carbonyl (C=O) groups is 1. The van der Waals surface area contributed by atoms with Gasteiger partial charge in [0.1, 0.15) is 12.4 Å². The molecular formula is C11H14N2O3. The van der Waals surface area contributed by atoms with Crippen molar-refractivity contribution in [2.75, 3.05) is 18.1 Å². The third-order valence-corrected chi connectivity index (χ3v) is 2.60.